The molecule has 5 rings (SSSR count). The summed E-state index contributed by atoms with van der Waals surface area (Å²) in [6.45, 7) is 0. The Bertz CT molecular complexity index is 1260. The van der Waals surface area contributed by atoms with Crippen LogP contribution in [0.1, 0.15) is 10.5 Å². The predicted octanol–water partition coefficient (Wildman–Crippen LogP) is 3.92. The molecule has 0 amide bonds. The minimum atomic E-state index is -3.12. The van der Waals surface area contributed by atoms with Gasteiger partial charge in [0.15, 0.2) is 5.41 Å². The zero-order valence-electron chi connectivity index (χ0n) is 18.5. The minimum absolute atomic E-state index is 0.0785. The number of hydrogen-bond donors (Lipinski definition) is 0. The molecule has 0 aliphatic heterocycles. The first-order chi connectivity index (χ1) is 16.8. The van der Waals surface area contributed by atoms with Crippen LogP contribution in [0.2, 0.25) is 0 Å². The summed E-state index contributed by atoms with van der Waals surface area (Å²) in [5, 5.41) is 11.7. The lowest BCUT2D eigenvalue weighted by Gasteiger charge is -2.31. The van der Waals surface area contributed by atoms with E-state index in [4.69, 9.17) is 0 Å². The van der Waals surface area contributed by atoms with Crippen LogP contribution in [0.4, 0.5) is 0 Å². The molecule has 0 radical (unpaired) electrons. The van der Waals surface area contributed by atoms with Crippen molar-refractivity contribution in [3.05, 3.63) is 133 Å². The summed E-state index contributed by atoms with van der Waals surface area (Å²) in [5.74, 6) is 0.508. The van der Waals surface area contributed by atoms with Gasteiger partial charge in [-0.1, -0.05) is 114 Å². The molecule has 0 N–H and O–H groups in total. The van der Waals surface area contributed by atoms with Crippen molar-refractivity contribution in [2.45, 2.75) is 10.8 Å². The minimum Gasteiger partial charge on any atom is -0.297 e. The first kappa shape index (κ1) is 22.1. The van der Waals surface area contributed by atoms with E-state index >= 15 is 0 Å². The quantitative estimate of drug-likeness (QED) is 0.193. The van der Waals surface area contributed by atoms with E-state index in [0.29, 0.717) is 11.6 Å². The summed E-state index contributed by atoms with van der Waals surface area (Å²) < 4.78 is 1.73. The van der Waals surface area contributed by atoms with Gasteiger partial charge in [0.05, 0.1) is 12.1 Å². The second kappa shape index (κ2) is 10.0. The summed E-state index contributed by atoms with van der Waals surface area (Å²) in [7, 11) is -3.12. The highest BCUT2D eigenvalue weighted by atomic mass is 32.2. The lowest BCUT2D eigenvalue weighted by Crippen LogP contribution is -2.72. The first-order valence-electron chi connectivity index (χ1n) is 11.1. The summed E-state index contributed by atoms with van der Waals surface area (Å²) in [5.41, 5.74) is 0.534. The van der Waals surface area contributed by atoms with Crippen molar-refractivity contribution >= 4 is 40.8 Å². The van der Waals surface area contributed by atoms with Crippen LogP contribution in [0.15, 0.2) is 132 Å². The Hall–Kier alpha value is -3.74. The molecule has 34 heavy (non-hydrogen) atoms. The van der Waals surface area contributed by atoms with Crippen molar-refractivity contribution in [1.82, 2.24) is 15.0 Å². The van der Waals surface area contributed by atoms with Gasteiger partial charge in [-0.3, -0.25) is 4.79 Å². The predicted molar refractivity (Wildman–Crippen MR) is 141 cm³/mol. The van der Waals surface area contributed by atoms with Crippen LogP contribution in [0.5, 0.6) is 0 Å². The van der Waals surface area contributed by atoms with Gasteiger partial charge in [0.1, 0.15) is 5.69 Å². The van der Waals surface area contributed by atoms with E-state index in [1.807, 2.05) is 72.8 Å². The third-order valence-electron chi connectivity index (χ3n) is 5.91. The van der Waals surface area contributed by atoms with Gasteiger partial charge >= 0.3 is 0 Å². The molecule has 0 atom stereocenters. The average molecular weight is 478 g/mol. The molecule has 0 saturated heterocycles. The zero-order chi connectivity index (χ0) is 23.2. The maximum atomic E-state index is 14.7. The SMILES string of the molecule is O=C(c1cnnn1CSc1ccccc1)[Si](c1ccccc1)(c1ccccc1)c1ccccc1. The van der Waals surface area contributed by atoms with Gasteiger partial charge in [0.2, 0.25) is 8.07 Å². The van der Waals surface area contributed by atoms with Crippen LogP contribution < -0.4 is 15.6 Å². The molecular formula is C28H23N3OSSi. The van der Waals surface area contributed by atoms with Crippen molar-refractivity contribution in [3.63, 3.8) is 0 Å². The highest BCUT2D eigenvalue weighted by molar-refractivity contribution is 7.98. The molecule has 1 heterocycles. The highest BCUT2D eigenvalue weighted by Crippen LogP contribution is 2.21. The lowest BCUT2D eigenvalue weighted by molar-refractivity contribution is 0.106. The Morgan fingerprint density at radius 2 is 1.12 bits per heavy atom. The number of hydrogen-bond acceptors (Lipinski definition) is 4. The number of nitrogens with zero attached hydrogens (tertiary/aromatic N) is 3. The fourth-order valence-electron chi connectivity index (χ4n) is 4.33. The number of carbonyl (C=O) groups excluding carboxylic acids is 1. The maximum absolute atomic E-state index is 14.7. The average Bonchev–Trinajstić information content (AvgIpc) is 3.39. The molecule has 6 heteroatoms. The van der Waals surface area contributed by atoms with Gasteiger partial charge in [-0.25, -0.2) is 4.68 Å². The number of aromatic nitrogens is 3. The smallest absolute Gasteiger partial charge is 0.232 e. The van der Waals surface area contributed by atoms with Crippen molar-refractivity contribution < 1.29 is 4.79 Å². The third kappa shape index (κ3) is 4.13. The van der Waals surface area contributed by atoms with E-state index < -0.39 is 8.07 Å². The van der Waals surface area contributed by atoms with Gasteiger partial charge < -0.3 is 0 Å². The standard InChI is InChI=1S/C28H23N3OSSi/c32-28(27-21-29-30-31(27)22-33-23-13-5-1-6-14-23)34(24-15-7-2-8-16-24,25-17-9-3-10-18-25)26-19-11-4-12-20-26/h1-21H,22H2. The topological polar surface area (TPSA) is 47.8 Å². The van der Waals surface area contributed by atoms with Crippen LogP contribution in [-0.2, 0) is 5.88 Å². The van der Waals surface area contributed by atoms with Gasteiger partial charge in [0.25, 0.3) is 0 Å². The van der Waals surface area contributed by atoms with Gasteiger partial charge in [0, 0.05) is 4.90 Å². The van der Waals surface area contributed by atoms with Gasteiger partial charge in [-0.05, 0) is 27.7 Å². The molecule has 0 unspecified atom stereocenters. The normalized spacial score (nSPS) is 11.3. The van der Waals surface area contributed by atoms with Crippen molar-refractivity contribution in [2.75, 3.05) is 0 Å². The zero-order valence-corrected chi connectivity index (χ0v) is 20.3. The fraction of sp³-hybridized carbons (Fsp3) is 0.0357. The molecule has 0 bridgehead atoms. The summed E-state index contributed by atoms with van der Waals surface area (Å²) >= 11 is 1.63. The van der Waals surface area contributed by atoms with Crippen LogP contribution in [-0.4, -0.2) is 28.5 Å². The molecule has 4 aromatic carbocycles. The van der Waals surface area contributed by atoms with Crippen molar-refractivity contribution in [2.24, 2.45) is 0 Å². The van der Waals surface area contributed by atoms with Crippen LogP contribution in [0.25, 0.3) is 0 Å². The highest BCUT2D eigenvalue weighted by Gasteiger charge is 2.48. The van der Waals surface area contributed by atoms with E-state index in [1.54, 1.807) is 22.6 Å². The summed E-state index contributed by atoms with van der Waals surface area (Å²) in [4.78, 5) is 15.8. The summed E-state index contributed by atoms with van der Waals surface area (Å²) in [6, 6.07) is 40.6. The van der Waals surface area contributed by atoms with E-state index in [0.717, 1.165) is 20.5 Å². The molecule has 0 fully saturated rings. The van der Waals surface area contributed by atoms with Crippen molar-refractivity contribution in [3.8, 4) is 0 Å². The largest absolute Gasteiger partial charge is 0.297 e. The fourth-order valence-corrected chi connectivity index (χ4v) is 9.58. The molecule has 5 aromatic rings. The molecule has 0 aliphatic carbocycles. The Morgan fingerprint density at radius 3 is 1.59 bits per heavy atom. The van der Waals surface area contributed by atoms with E-state index in [2.05, 4.69) is 58.8 Å². The van der Waals surface area contributed by atoms with Gasteiger partial charge in [-0.15, -0.1) is 16.9 Å². The second-order valence-corrected chi connectivity index (χ2v) is 12.6. The molecule has 166 valence electrons. The number of carbonyl (C=O) groups is 1. The van der Waals surface area contributed by atoms with E-state index in [1.165, 1.54) is 0 Å². The molecule has 0 saturated carbocycles. The monoisotopic (exact) mass is 477 g/mol. The van der Waals surface area contributed by atoms with Crippen LogP contribution in [0, 0.1) is 0 Å². The molecular weight excluding hydrogens is 454 g/mol. The van der Waals surface area contributed by atoms with E-state index in [-0.39, 0.29) is 5.41 Å². The van der Waals surface area contributed by atoms with Crippen molar-refractivity contribution in [1.29, 1.82) is 0 Å². The number of benzene rings is 4. The Kier molecular flexibility index (Phi) is 6.51. The molecule has 1 aromatic heterocycles. The lowest BCUT2D eigenvalue weighted by atomic mass is 10.3. The van der Waals surface area contributed by atoms with Crippen LogP contribution in [0.3, 0.4) is 0 Å². The molecule has 0 spiro atoms. The number of thioether (sulfide) groups is 1. The Balaban J connectivity index is 1.67. The first-order valence-corrected chi connectivity index (χ1v) is 14.1. The third-order valence-corrected chi connectivity index (χ3v) is 11.4. The van der Waals surface area contributed by atoms with Crippen LogP contribution >= 0.6 is 11.8 Å². The van der Waals surface area contributed by atoms with Gasteiger partial charge in [-0.2, -0.15) is 0 Å². The second-order valence-electron chi connectivity index (χ2n) is 7.88. The maximum Gasteiger partial charge on any atom is 0.232 e. The summed E-state index contributed by atoms with van der Waals surface area (Å²) in [6.07, 6.45) is 1.62. The molecule has 4 nitrogen and oxygen atoms in total. The molecule has 0 aliphatic rings. The van der Waals surface area contributed by atoms with E-state index in [9.17, 15) is 4.79 Å². The number of rotatable bonds is 8. The Labute approximate surface area is 204 Å². The Morgan fingerprint density at radius 1 is 0.676 bits per heavy atom.